The van der Waals surface area contributed by atoms with Crippen LogP contribution in [-0.4, -0.2) is 20.5 Å². The maximum atomic E-state index is 10.9. The number of carboxylic acid groups (broad SMARTS) is 1. The molecule has 0 saturated heterocycles. The lowest BCUT2D eigenvalue weighted by molar-refractivity contribution is 0.0693. The van der Waals surface area contributed by atoms with Crippen molar-refractivity contribution >= 4 is 17.3 Å². The van der Waals surface area contributed by atoms with Crippen molar-refractivity contribution in [2.45, 2.75) is 13.3 Å². The summed E-state index contributed by atoms with van der Waals surface area (Å²) in [7, 11) is 0. The standard InChI is InChI=1S/C10H11N3O2/c1-2-8-12-9(10(14)15)6-4-3-5-7(11)13(6)8/h3-5H,2,11H2,1H3,(H,14,15). The van der Waals surface area contributed by atoms with E-state index >= 15 is 0 Å². The molecule has 2 aromatic rings. The first-order valence-corrected chi connectivity index (χ1v) is 4.64. The molecular weight excluding hydrogens is 194 g/mol. The lowest BCUT2D eigenvalue weighted by Gasteiger charge is -2.01. The molecule has 0 atom stereocenters. The van der Waals surface area contributed by atoms with Crippen LogP contribution in [0.3, 0.4) is 0 Å². The Morgan fingerprint density at radius 1 is 1.60 bits per heavy atom. The molecule has 2 heterocycles. The number of rotatable bonds is 2. The zero-order valence-corrected chi connectivity index (χ0v) is 8.27. The van der Waals surface area contributed by atoms with Gasteiger partial charge in [0.05, 0.1) is 5.52 Å². The van der Waals surface area contributed by atoms with Crippen LogP contribution in [0.1, 0.15) is 23.2 Å². The normalized spacial score (nSPS) is 10.7. The topological polar surface area (TPSA) is 80.6 Å². The van der Waals surface area contributed by atoms with Crippen LogP contribution >= 0.6 is 0 Å². The number of aromatic carboxylic acids is 1. The van der Waals surface area contributed by atoms with Gasteiger partial charge in [-0.2, -0.15) is 0 Å². The summed E-state index contributed by atoms with van der Waals surface area (Å²) in [6.07, 6.45) is 0.642. The van der Waals surface area contributed by atoms with Crippen molar-refractivity contribution in [2.24, 2.45) is 0 Å². The van der Waals surface area contributed by atoms with Crippen molar-refractivity contribution in [3.63, 3.8) is 0 Å². The first-order chi connectivity index (χ1) is 7.15. The van der Waals surface area contributed by atoms with Crippen molar-refractivity contribution in [1.82, 2.24) is 9.38 Å². The average Bonchev–Trinajstić information content (AvgIpc) is 2.58. The zero-order chi connectivity index (χ0) is 11.0. The van der Waals surface area contributed by atoms with Crippen molar-refractivity contribution in [3.8, 4) is 0 Å². The molecule has 0 saturated carbocycles. The number of aromatic nitrogens is 2. The molecule has 0 aromatic carbocycles. The van der Waals surface area contributed by atoms with Gasteiger partial charge >= 0.3 is 5.97 Å². The van der Waals surface area contributed by atoms with Gasteiger partial charge in [0, 0.05) is 6.42 Å². The monoisotopic (exact) mass is 205 g/mol. The lowest BCUT2D eigenvalue weighted by atomic mass is 10.3. The van der Waals surface area contributed by atoms with Gasteiger partial charge in [-0.25, -0.2) is 9.78 Å². The molecule has 5 heteroatoms. The molecule has 0 amide bonds. The molecule has 0 aliphatic rings. The molecule has 5 nitrogen and oxygen atoms in total. The summed E-state index contributed by atoms with van der Waals surface area (Å²) in [4.78, 5) is 15.0. The third-order valence-electron chi connectivity index (χ3n) is 2.28. The van der Waals surface area contributed by atoms with Gasteiger partial charge in [0.2, 0.25) is 0 Å². The van der Waals surface area contributed by atoms with Crippen LogP contribution in [0.25, 0.3) is 5.52 Å². The first-order valence-electron chi connectivity index (χ1n) is 4.64. The Morgan fingerprint density at radius 3 is 2.93 bits per heavy atom. The van der Waals surface area contributed by atoms with Crippen molar-refractivity contribution in [3.05, 3.63) is 29.7 Å². The number of hydrogen-bond donors (Lipinski definition) is 2. The van der Waals surface area contributed by atoms with Gasteiger partial charge in [-0.1, -0.05) is 13.0 Å². The minimum atomic E-state index is -1.03. The molecule has 0 radical (unpaired) electrons. The summed E-state index contributed by atoms with van der Waals surface area (Å²) in [6.45, 7) is 1.91. The van der Waals surface area contributed by atoms with Crippen LogP contribution in [0.2, 0.25) is 0 Å². The third-order valence-corrected chi connectivity index (χ3v) is 2.28. The van der Waals surface area contributed by atoms with E-state index in [9.17, 15) is 4.79 Å². The Hall–Kier alpha value is -2.04. The highest BCUT2D eigenvalue weighted by Gasteiger charge is 2.16. The molecule has 2 rings (SSSR count). The van der Waals surface area contributed by atoms with Crippen molar-refractivity contribution in [2.75, 3.05) is 5.73 Å². The number of nitrogen functional groups attached to an aromatic ring is 1. The fraction of sp³-hybridized carbons (Fsp3) is 0.200. The number of imidazole rings is 1. The molecule has 2 aromatic heterocycles. The van der Waals surface area contributed by atoms with Crippen molar-refractivity contribution < 1.29 is 9.90 Å². The number of carboxylic acids is 1. The van der Waals surface area contributed by atoms with Crippen LogP contribution < -0.4 is 5.73 Å². The number of fused-ring (bicyclic) bond motifs is 1. The third kappa shape index (κ3) is 1.32. The van der Waals surface area contributed by atoms with Gasteiger partial charge in [-0.15, -0.1) is 0 Å². The number of aryl methyl sites for hydroxylation is 1. The average molecular weight is 205 g/mol. The summed E-state index contributed by atoms with van der Waals surface area (Å²) in [5.74, 6) is 0.141. The van der Waals surface area contributed by atoms with E-state index < -0.39 is 5.97 Å². The van der Waals surface area contributed by atoms with Gasteiger partial charge in [0.25, 0.3) is 0 Å². The fourth-order valence-electron chi connectivity index (χ4n) is 1.63. The van der Waals surface area contributed by atoms with E-state index in [0.29, 0.717) is 23.6 Å². The Balaban J connectivity index is 2.87. The SMILES string of the molecule is CCc1nc(C(=O)O)c2cccc(N)n12. The Kier molecular flexibility index (Phi) is 2.07. The fourth-order valence-corrected chi connectivity index (χ4v) is 1.63. The first kappa shape index (κ1) is 9.51. The molecule has 3 N–H and O–H groups in total. The van der Waals surface area contributed by atoms with E-state index in [2.05, 4.69) is 4.98 Å². The van der Waals surface area contributed by atoms with Crippen LogP contribution in [-0.2, 0) is 6.42 Å². The maximum absolute atomic E-state index is 10.9. The second kappa shape index (κ2) is 3.27. The molecule has 0 aliphatic heterocycles. The van der Waals surface area contributed by atoms with E-state index in [4.69, 9.17) is 10.8 Å². The smallest absolute Gasteiger partial charge is 0.356 e. The van der Waals surface area contributed by atoms with Crippen LogP contribution in [0, 0.1) is 0 Å². The molecular formula is C10H11N3O2. The van der Waals surface area contributed by atoms with Gasteiger partial charge in [-0.3, -0.25) is 4.40 Å². The number of hydrogen-bond acceptors (Lipinski definition) is 3. The molecule has 0 unspecified atom stereocenters. The summed E-state index contributed by atoms with van der Waals surface area (Å²) in [5.41, 5.74) is 6.37. The largest absolute Gasteiger partial charge is 0.476 e. The molecule has 0 fully saturated rings. The minimum absolute atomic E-state index is 0.0548. The molecule has 0 aliphatic carbocycles. The summed E-state index contributed by atoms with van der Waals surface area (Å²) < 4.78 is 1.67. The van der Waals surface area contributed by atoms with E-state index in [1.165, 1.54) is 0 Å². The highest BCUT2D eigenvalue weighted by molar-refractivity contribution is 5.94. The van der Waals surface area contributed by atoms with Gasteiger partial charge in [0.15, 0.2) is 5.69 Å². The number of nitrogens with two attached hydrogens (primary N) is 1. The van der Waals surface area contributed by atoms with E-state index in [0.717, 1.165) is 0 Å². The Morgan fingerprint density at radius 2 is 2.33 bits per heavy atom. The summed E-state index contributed by atoms with van der Waals surface area (Å²) >= 11 is 0. The highest BCUT2D eigenvalue weighted by atomic mass is 16.4. The zero-order valence-electron chi connectivity index (χ0n) is 8.27. The van der Waals surface area contributed by atoms with Crippen LogP contribution in [0.15, 0.2) is 18.2 Å². The van der Waals surface area contributed by atoms with E-state index in [1.54, 1.807) is 22.6 Å². The molecule has 78 valence electrons. The molecule has 0 bridgehead atoms. The van der Waals surface area contributed by atoms with E-state index in [1.807, 2.05) is 6.92 Å². The van der Waals surface area contributed by atoms with Gasteiger partial charge < -0.3 is 10.8 Å². The minimum Gasteiger partial charge on any atom is -0.476 e. The van der Waals surface area contributed by atoms with Crippen LogP contribution in [0.4, 0.5) is 5.82 Å². The predicted octanol–water partition coefficient (Wildman–Crippen LogP) is 1.18. The number of pyridine rings is 1. The quantitative estimate of drug-likeness (QED) is 0.771. The summed E-state index contributed by atoms with van der Waals surface area (Å²) in [5, 5.41) is 8.97. The van der Waals surface area contributed by atoms with Crippen LogP contribution in [0.5, 0.6) is 0 Å². The van der Waals surface area contributed by atoms with Gasteiger partial charge in [-0.05, 0) is 12.1 Å². The molecule has 0 spiro atoms. The highest BCUT2D eigenvalue weighted by Crippen LogP contribution is 2.17. The maximum Gasteiger partial charge on any atom is 0.356 e. The van der Waals surface area contributed by atoms with E-state index in [-0.39, 0.29) is 5.69 Å². The number of nitrogens with zero attached hydrogens (tertiary/aromatic N) is 2. The van der Waals surface area contributed by atoms with Gasteiger partial charge in [0.1, 0.15) is 11.6 Å². The van der Waals surface area contributed by atoms with Crippen molar-refractivity contribution in [1.29, 1.82) is 0 Å². The Labute approximate surface area is 86.2 Å². The second-order valence-corrected chi connectivity index (χ2v) is 3.21. The number of carbonyl (C=O) groups is 1. The molecule has 15 heavy (non-hydrogen) atoms. The summed E-state index contributed by atoms with van der Waals surface area (Å²) in [6, 6.07) is 5.14. The lowest BCUT2D eigenvalue weighted by Crippen LogP contribution is -2.00. The predicted molar refractivity (Wildman–Crippen MR) is 55.9 cm³/mol. The Bertz CT molecular complexity index is 531. The number of anilines is 1. The second-order valence-electron chi connectivity index (χ2n) is 3.21.